The van der Waals surface area contributed by atoms with Crippen molar-refractivity contribution in [3.05, 3.63) is 33.9 Å². The molecule has 0 radical (unpaired) electrons. The van der Waals surface area contributed by atoms with Crippen molar-refractivity contribution in [2.75, 3.05) is 25.0 Å². The van der Waals surface area contributed by atoms with Crippen LogP contribution in [0, 0.1) is 10.1 Å². The Kier molecular flexibility index (Phi) is 3.99. The number of nitro benzene ring substituents is 1. The van der Waals surface area contributed by atoms with Gasteiger partial charge in [-0.3, -0.25) is 14.9 Å². The fourth-order valence-corrected chi connectivity index (χ4v) is 2.34. The number of para-hydroxylation sites is 1. The Balaban J connectivity index is 2.40. The van der Waals surface area contributed by atoms with Crippen LogP contribution in [0.3, 0.4) is 0 Å². The molecule has 1 aliphatic heterocycles. The Bertz CT molecular complexity index is 496. The van der Waals surface area contributed by atoms with Crippen molar-refractivity contribution in [1.29, 1.82) is 0 Å². The molecule has 0 aliphatic carbocycles. The quantitative estimate of drug-likeness (QED) is 0.667. The van der Waals surface area contributed by atoms with Gasteiger partial charge in [-0.05, 0) is 31.9 Å². The number of rotatable bonds is 4. The van der Waals surface area contributed by atoms with Gasteiger partial charge in [-0.1, -0.05) is 6.07 Å². The molecule has 0 atom stereocenters. The molecule has 0 spiro atoms. The molecule has 1 fully saturated rings. The highest BCUT2D eigenvalue weighted by Crippen LogP contribution is 2.30. The summed E-state index contributed by atoms with van der Waals surface area (Å²) in [6.45, 7) is 3.80. The molecule has 1 saturated heterocycles. The molecule has 102 valence electrons. The summed E-state index contributed by atoms with van der Waals surface area (Å²) in [5.41, 5.74) is 0.448. The smallest absolute Gasteiger partial charge is 0.305 e. The van der Waals surface area contributed by atoms with E-state index in [4.69, 9.17) is 0 Å². The lowest BCUT2D eigenvalue weighted by Gasteiger charge is -2.16. The van der Waals surface area contributed by atoms with Crippen molar-refractivity contribution in [3.8, 4) is 0 Å². The SMILES string of the molecule is CCNc1cccc(C(=O)N2CCCC2)c1[N+](=O)[O-]. The number of hydrogen-bond acceptors (Lipinski definition) is 4. The molecule has 1 N–H and O–H groups in total. The molecular weight excluding hydrogens is 246 g/mol. The number of amides is 1. The number of nitro groups is 1. The third kappa shape index (κ3) is 2.67. The predicted octanol–water partition coefficient (Wildman–Crippen LogP) is 2.26. The molecule has 1 heterocycles. The number of benzene rings is 1. The highest BCUT2D eigenvalue weighted by Gasteiger charge is 2.28. The third-order valence-corrected chi connectivity index (χ3v) is 3.21. The van der Waals surface area contributed by atoms with Gasteiger partial charge < -0.3 is 10.2 Å². The Morgan fingerprint density at radius 2 is 2.11 bits per heavy atom. The van der Waals surface area contributed by atoms with E-state index in [9.17, 15) is 14.9 Å². The monoisotopic (exact) mass is 263 g/mol. The molecule has 1 aromatic rings. The Labute approximate surface area is 111 Å². The Morgan fingerprint density at radius 1 is 1.42 bits per heavy atom. The Hall–Kier alpha value is -2.11. The second-order valence-corrected chi connectivity index (χ2v) is 4.49. The van der Waals surface area contributed by atoms with Gasteiger partial charge in [-0.2, -0.15) is 0 Å². The second kappa shape index (κ2) is 5.69. The standard InChI is InChI=1S/C13H17N3O3/c1-2-14-11-7-5-6-10(12(11)16(18)19)13(17)15-8-3-4-9-15/h5-7,14H,2-4,8-9H2,1H3. The third-order valence-electron chi connectivity index (χ3n) is 3.21. The zero-order chi connectivity index (χ0) is 13.8. The first-order chi connectivity index (χ1) is 9.15. The van der Waals surface area contributed by atoms with Gasteiger partial charge in [-0.25, -0.2) is 0 Å². The second-order valence-electron chi connectivity index (χ2n) is 4.49. The normalized spacial score (nSPS) is 14.5. The van der Waals surface area contributed by atoms with Gasteiger partial charge in [-0.15, -0.1) is 0 Å². The first-order valence-electron chi connectivity index (χ1n) is 6.45. The van der Waals surface area contributed by atoms with Gasteiger partial charge in [0.2, 0.25) is 0 Å². The van der Waals surface area contributed by atoms with Crippen molar-refractivity contribution in [2.45, 2.75) is 19.8 Å². The maximum Gasteiger partial charge on any atom is 0.305 e. The summed E-state index contributed by atoms with van der Waals surface area (Å²) in [5.74, 6) is -0.246. The van der Waals surface area contributed by atoms with Crippen LogP contribution in [0.5, 0.6) is 0 Å². The van der Waals surface area contributed by atoms with Crippen LogP contribution in [0.15, 0.2) is 18.2 Å². The minimum Gasteiger partial charge on any atom is -0.380 e. The van der Waals surface area contributed by atoms with Crippen molar-refractivity contribution in [2.24, 2.45) is 0 Å². The van der Waals surface area contributed by atoms with E-state index >= 15 is 0 Å². The molecule has 2 rings (SSSR count). The van der Waals surface area contributed by atoms with Crippen LogP contribution < -0.4 is 5.32 Å². The predicted molar refractivity (Wildman–Crippen MR) is 72.4 cm³/mol. The van der Waals surface area contributed by atoms with E-state index in [1.807, 2.05) is 6.92 Å². The highest BCUT2D eigenvalue weighted by atomic mass is 16.6. The van der Waals surface area contributed by atoms with E-state index < -0.39 is 4.92 Å². The molecule has 19 heavy (non-hydrogen) atoms. The van der Waals surface area contributed by atoms with Crippen molar-refractivity contribution in [1.82, 2.24) is 4.90 Å². The first kappa shape index (κ1) is 13.3. The number of hydrogen-bond donors (Lipinski definition) is 1. The molecule has 1 amide bonds. The van der Waals surface area contributed by atoms with E-state index in [0.717, 1.165) is 12.8 Å². The van der Waals surface area contributed by atoms with Crippen LogP contribution in [0.1, 0.15) is 30.1 Å². The van der Waals surface area contributed by atoms with Crippen LogP contribution in [0.4, 0.5) is 11.4 Å². The fraction of sp³-hybridized carbons (Fsp3) is 0.462. The zero-order valence-electron chi connectivity index (χ0n) is 10.9. The average molecular weight is 263 g/mol. The van der Waals surface area contributed by atoms with E-state index in [2.05, 4.69) is 5.32 Å². The van der Waals surface area contributed by atoms with E-state index in [-0.39, 0.29) is 17.2 Å². The average Bonchev–Trinajstić information content (AvgIpc) is 2.91. The van der Waals surface area contributed by atoms with Crippen LogP contribution in [-0.2, 0) is 0 Å². The van der Waals surface area contributed by atoms with Gasteiger partial charge in [0.25, 0.3) is 5.91 Å². The molecule has 0 unspecified atom stereocenters. The number of nitrogens with one attached hydrogen (secondary N) is 1. The summed E-state index contributed by atoms with van der Waals surface area (Å²) < 4.78 is 0. The van der Waals surface area contributed by atoms with Gasteiger partial charge in [0.1, 0.15) is 11.3 Å². The fourth-order valence-electron chi connectivity index (χ4n) is 2.34. The van der Waals surface area contributed by atoms with E-state index in [0.29, 0.717) is 25.3 Å². The first-order valence-corrected chi connectivity index (χ1v) is 6.45. The molecule has 1 aromatic carbocycles. The minimum atomic E-state index is -0.485. The molecule has 0 bridgehead atoms. The van der Waals surface area contributed by atoms with Crippen LogP contribution in [0.2, 0.25) is 0 Å². The number of anilines is 1. The lowest BCUT2D eigenvalue weighted by atomic mass is 10.1. The molecule has 0 saturated carbocycles. The summed E-state index contributed by atoms with van der Waals surface area (Å²) in [6, 6.07) is 4.83. The van der Waals surface area contributed by atoms with Crippen molar-refractivity contribution in [3.63, 3.8) is 0 Å². The lowest BCUT2D eigenvalue weighted by molar-refractivity contribution is -0.384. The lowest BCUT2D eigenvalue weighted by Crippen LogP contribution is -2.28. The minimum absolute atomic E-state index is 0.124. The summed E-state index contributed by atoms with van der Waals surface area (Å²) in [7, 11) is 0. The zero-order valence-corrected chi connectivity index (χ0v) is 10.9. The molecular formula is C13H17N3O3. The van der Waals surface area contributed by atoms with Crippen molar-refractivity contribution < 1.29 is 9.72 Å². The number of carbonyl (C=O) groups excluding carboxylic acids is 1. The summed E-state index contributed by atoms with van der Waals surface area (Å²) in [6.07, 6.45) is 1.93. The molecule has 1 aliphatic rings. The molecule has 0 aromatic heterocycles. The topological polar surface area (TPSA) is 75.5 Å². The van der Waals surface area contributed by atoms with Crippen LogP contribution >= 0.6 is 0 Å². The summed E-state index contributed by atoms with van der Waals surface area (Å²) in [5, 5.41) is 14.2. The number of nitrogens with zero attached hydrogens (tertiary/aromatic N) is 2. The van der Waals surface area contributed by atoms with E-state index in [1.54, 1.807) is 17.0 Å². The largest absolute Gasteiger partial charge is 0.380 e. The summed E-state index contributed by atoms with van der Waals surface area (Å²) >= 11 is 0. The van der Waals surface area contributed by atoms with Gasteiger partial charge in [0.15, 0.2) is 0 Å². The van der Waals surface area contributed by atoms with Gasteiger partial charge in [0.05, 0.1) is 4.92 Å². The number of carbonyl (C=O) groups is 1. The molecule has 6 nitrogen and oxygen atoms in total. The molecule has 6 heteroatoms. The Morgan fingerprint density at radius 3 is 2.68 bits per heavy atom. The van der Waals surface area contributed by atoms with Crippen LogP contribution in [-0.4, -0.2) is 35.4 Å². The number of likely N-dealkylation sites (tertiary alicyclic amines) is 1. The maximum absolute atomic E-state index is 12.3. The van der Waals surface area contributed by atoms with Crippen LogP contribution in [0.25, 0.3) is 0 Å². The highest BCUT2D eigenvalue weighted by molar-refractivity contribution is 6.00. The van der Waals surface area contributed by atoms with Gasteiger partial charge in [0, 0.05) is 19.6 Å². The maximum atomic E-state index is 12.3. The van der Waals surface area contributed by atoms with E-state index in [1.165, 1.54) is 6.07 Å². The van der Waals surface area contributed by atoms with Crippen molar-refractivity contribution >= 4 is 17.3 Å². The van der Waals surface area contributed by atoms with Gasteiger partial charge >= 0.3 is 5.69 Å². The summed E-state index contributed by atoms with van der Waals surface area (Å²) in [4.78, 5) is 24.7.